The highest BCUT2D eigenvalue weighted by Crippen LogP contribution is 2.39. The van der Waals surface area contributed by atoms with E-state index < -0.39 is 23.5 Å². The number of carbonyl (C=O) groups excluding carboxylic acids is 3. The van der Waals surface area contributed by atoms with Gasteiger partial charge in [-0.3, -0.25) is 19.3 Å². The van der Waals surface area contributed by atoms with E-state index in [4.69, 9.17) is 9.47 Å². The van der Waals surface area contributed by atoms with Gasteiger partial charge in [0.2, 0.25) is 5.91 Å². The van der Waals surface area contributed by atoms with E-state index in [0.29, 0.717) is 43.8 Å². The third-order valence-corrected chi connectivity index (χ3v) is 6.59. The summed E-state index contributed by atoms with van der Waals surface area (Å²) in [5, 5.41) is 2.85. The fourth-order valence-corrected chi connectivity index (χ4v) is 4.64. The van der Waals surface area contributed by atoms with Gasteiger partial charge in [-0.2, -0.15) is 0 Å². The summed E-state index contributed by atoms with van der Waals surface area (Å²) in [4.78, 5) is 42.7. The van der Waals surface area contributed by atoms with Crippen LogP contribution in [0.15, 0.2) is 48.5 Å². The van der Waals surface area contributed by atoms with E-state index in [1.807, 2.05) is 6.92 Å². The zero-order valence-electron chi connectivity index (χ0n) is 20.0. The molecule has 2 heterocycles. The van der Waals surface area contributed by atoms with Crippen LogP contribution in [0.1, 0.15) is 46.9 Å². The van der Waals surface area contributed by atoms with Gasteiger partial charge < -0.3 is 19.7 Å². The number of likely N-dealkylation sites (tertiary alicyclic amines) is 1. The van der Waals surface area contributed by atoms with E-state index in [1.165, 1.54) is 29.2 Å². The lowest BCUT2D eigenvalue weighted by Gasteiger charge is -2.44. The molecule has 35 heavy (non-hydrogen) atoms. The quantitative estimate of drug-likeness (QED) is 0.683. The summed E-state index contributed by atoms with van der Waals surface area (Å²) in [5.74, 6) is -0.573. The van der Waals surface area contributed by atoms with E-state index in [1.54, 1.807) is 36.3 Å². The topological polar surface area (TPSA) is 88.2 Å². The molecular formula is C26H30FN3O5. The van der Waals surface area contributed by atoms with Gasteiger partial charge in [0.25, 0.3) is 11.8 Å². The van der Waals surface area contributed by atoms with Gasteiger partial charge in [-0.05, 0) is 55.0 Å². The zero-order valence-corrected chi connectivity index (χ0v) is 20.0. The third-order valence-electron chi connectivity index (χ3n) is 6.59. The highest BCUT2D eigenvalue weighted by molar-refractivity contribution is 5.98. The zero-order chi connectivity index (χ0) is 25.0. The second-order valence-corrected chi connectivity index (χ2v) is 8.77. The van der Waals surface area contributed by atoms with Crippen LogP contribution in [0.5, 0.6) is 5.75 Å². The molecule has 0 unspecified atom stereocenters. The molecule has 0 saturated carbocycles. The van der Waals surface area contributed by atoms with Crippen molar-refractivity contribution in [2.45, 2.75) is 38.0 Å². The second-order valence-electron chi connectivity index (χ2n) is 8.77. The van der Waals surface area contributed by atoms with E-state index >= 15 is 0 Å². The largest absolute Gasteiger partial charge is 0.497 e. The molecule has 186 valence electrons. The molecule has 2 aliphatic rings. The standard InChI is InChI=1S/C26H30FN3O5/c1-3-14-28-23(31)22-17-35-26(30(22)25(33)19-4-8-20(27)9-5-19)12-15-29(16-13-26)24(32)18-6-10-21(34-2)11-7-18/h4-11,22H,3,12-17H2,1-2H3,(H,28,31)/t22-/m1/s1. The summed E-state index contributed by atoms with van der Waals surface area (Å²) in [5.41, 5.74) is -0.192. The number of nitrogens with one attached hydrogen (secondary N) is 1. The number of methoxy groups -OCH3 is 1. The average Bonchev–Trinajstić information content (AvgIpc) is 3.25. The van der Waals surface area contributed by atoms with Gasteiger partial charge in [-0.15, -0.1) is 0 Å². The Bertz CT molecular complexity index is 1070. The van der Waals surface area contributed by atoms with Crippen LogP contribution in [0, 0.1) is 5.82 Å². The van der Waals surface area contributed by atoms with Gasteiger partial charge in [0.1, 0.15) is 23.3 Å². The molecular weight excluding hydrogens is 453 g/mol. The first-order chi connectivity index (χ1) is 16.9. The Kier molecular flexibility index (Phi) is 7.35. The van der Waals surface area contributed by atoms with E-state index in [0.717, 1.165) is 6.42 Å². The summed E-state index contributed by atoms with van der Waals surface area (Å²) in [6.45, 7) is 3.23. The number of ether oxygens (including phenoxy) is 2. The number of halogens is 1. The predicted octanol–water partition coefficient (Wildman–Crippen LogP) is 2.83. The van der Waals surface area contributed by atoms with Crippen molar-refractivity contribution >= 4 is 17.7 Å². The van der Waals surface area contributed by atoms with Crippen molar-refractivity contribution in [2.75, 3.05) is 33.4 Å². The maximum absolute atomic E-state index is 13.6. The monoisotopic (exact) mass is 483 g/mol. The highest BCUT2D eigenvalue weighted by atomic mass is 19.1. The fraction of sp³-hybridized carbons (Fsp3) is 0.423. The summed E-state index contributed by atoms with van der Waals surface area (Å²) < 4.78 is 24.8. The highest BCUT2D eigenvalue weighted by Gasteiger charge is 2.54. The molecule has 2 aromatic carbocycles. The summed E-state index contributed by atoms with van der Waals surface area (Å²) >= 11 is 0. The van der Waals surface area contributed by atoms with Crippen molar-refractivity contribution in [3.05, 3.63) is 65.5 Å². The Labute approximate surface area is 204 Å². The molecule has 1 atom stereocenters. The SMILES string of the molecule is CCCNC(=O)[C@H]1COC2(CCN(C(=O)c3ccc(OC)cc3)CC2)N1C(=O)c1ccc(F)cc1. The Hall–Kier alpha value is -3.46. The molecule has 2 fully saturated rings. The fourth-order valence-electron chi connectivity index (χ4n) is 4.64. The van der Waals surface area contributed by atoms with Crippen LogP contribution in [0.3, 0.4) is 0 Å². The van der Waals surface area contributed by atoms with Crippen molar-refractivity contribution in [2.24, 2.45) is 0 Å². The van der Waals surface area contributed by atoms with Crippen LogP contribution in [-0.4, -0.2) is 72.6 Å². The van der Waals surface area contributed by atoms with Gasteiger partial charge in [0, 0.05) is 43.6 Å². The Morgan fingerprint density at radius 1 is 1.03 bits per heavy atom. The van der Waals surface area contributed by atoms with Crippen molar-refractivity contribution in [3.8, 4) is 5.75 Å². The first-order valence-electron chi connectivity index (χ1n) is 11.8. The molecule has 1 spiro atoms. The molecule has 0 aliphatic carbocycles. The number of piperidine rings is 1. The van der Waals surface area contributed by atoms with Crippen molar-refractivity contribution < 1.29 is 28.2 Å². The summed E-state index contributed by atoms with van der Waals surface area (Å²) in [6, 6.07) is 11.4. The summed E-state index contributed by atoms with van der Waals surface area (Å²) in [6.07, 6.45) is 1.48. The molecule has 8 nitrogen and oxygen atoms in total. The first kappa shape index (κ1) is 24.7. The van der Waals surface area contributed by atoms with E-state index in [-0.39, 0.29) is 24.0 Å². The van der Waals surface area contributed by atoms with Gasteiger partial charge in [0.05, 0.1) is 13.7 Å². The molecule has 0 aromatic heterocycles. The Balaban J connectivity index is 1.54. The normalized spacial score (nSPS) is 19.0. The number of hydrogen-bond donors (Lipinski definition) is 1. The van der Waals surface area contributed by atoms with E-state index in [9.17, 15) is 18.8 Å². The Morgan fingerprint density at radius 2 is 1.63 bits per heavy atom. The minimum absolute atomic E-state index is 0.0644. The van der Waals surface area contributed by atoms with Gasteiger partial charge in [0.15, 0.2) is 0 Å². The van der Waals surface area contributed by atoms with Gasteiger partial charge >= 0.3 is 0 Å². The molecule has 2 saturated heterocycles. The molecule has 0 bridgehead atoms. The lowest BCUT2D eigenvalue weighted by molar-refractivity contribution is -0.128. The molecule has 9 heteroatoms. The van der Waals surface area contributed by atoms with Crippen LogP contribution >= 0.6 is 0 Å². The van der Waals surface area contributed by atoms with Gasteiger partial charge in [-0.1, -0.05) is 6.92 Å². The molecule has 2 aromatic rings. The molecule has 3 amide bonds. The second kappa shape index (κ2) is 10.4. The van der Waals surface area contributed by atoms with E-state index in [2.05, 4.69) is 5.32 Å². The van der Waals surface area contributed by atoms with Crippen LogP contribution in [0.2, 0.25) is 0 Å². The number of carbonyl (C=O) groups is 3. The third kappa shape index (κ3) is 5.00. The molecule has 1 N–H and O–H groups in total. The Morgan fingerprint density at radius 3 is 2.23 bits per heavy atom. The summed E-state index contributed by atoms with van der Waals surface area (Å²) in [7, 11) is 1.57. The van der Waals surface area contributed by atoms with Crippen LogP contribution in [0.4, 0.5) is 4.39 Å². The van der Waals surface area contributed by atoms with Crippen LogP contribution < -0.4 is 10.1 Å². The van der Waals surface area contributed by atoms with Crippen molar-refractivity contribution in [1.29, 1.82) is 0 Å². The van der Waals surface area contributed by atoms with Gasteiger partial charge in [-0.25, -0.2) is 4.39 Å². The predicted molar refractivity (Wildman–Crippen MR) is 126 cm³/mol. The number of hydrogen-bond acceptors (Lipinski definition) is 5. The number of benzene rings is 2. The molecule has 0 radical (unpaired) electrons. The number of amides is 3. The first-order valence-corrected chi connectivity index (χ1v) is 11.8. The minimum Gasteiger partial charge on any atom is -0.497 e. The van der Waals surface area contributed by atoms with Crippen molar-refractivity contribution in [1.82, 2.24) is 15.1 Å². The molecule has 2 aliphatic heterocycles. The average molecular weight is 484 g/mol. The number of rotatable bonds is 6. The minimum atomic E-state index is -1.02. The lowest BCUT2D eigenvalue weighted by atomic mass is 9.96. The lowest BCUT2D eigenvalue weighted by Crippen LogP contribution is -2.59. The van der Waals surface area contributed by atoms with Crippen molar-refractivity contribution in [3.63, 3.8) is 0 Å². The maximum Gasteiger partial charge on any atom is 0.256 e. The maximum atomic E-state index is 13.6. The number of nitrogens with zero attached hydrogens (tertiary/aromatic N) is 2. The smallest absolute Gasteiger partial charge is 0.256 e. The molecule has 4 rings (SSSR count). The van der Waals surface area contributed by atoms with Crippen LogP contribution in [-0.2, 0) is 9.53 Å². The van der Waals surface area contributed by atoms with Crippen LogP contribution in [0.25, 0.3) is 0 Å².